The first-order chi connectivity index (χ1) is 13.9. The Labute approximate surface area is 174 Å². The molecule has 0 radical (unpaired) electrons. The van der Waals surface area contributed by atoms with E-state index >= 15 is 0 Å². The van der Waals surface area contributed by atoms with Gasteiger partial charge in [0.15, 0.2) is 0 Å². The first-order valence-electron chi connectivity index (χ1n) is 8.92. The van der Waals surface area contributed by atoms with Gasteiger partial charge in [0.1, 0.15) is 11.0 Å². The molecule has 0 aliphatic carbocycles. The van der Waals surface area contributed by atoms with E-state index in [1.807, 2.05) is 71.3 Å². The van der Waals surface area contributed by atoms with E-state index in [1.165, 1.54) is 0 Å². The standard InChI is InChI=1S/C22H18ClN3O2S/c23-20-15-26(22(25-20)17-10-5-2-6-11-17)14-18-12-7-13-19(21(18)29(24,27)28)16-8-3-1-4-9-16/h1-13,15H,14H2,(H2,24,27,28). The number of hydrogen-bond acceptors (Lipinski definition) is 3. The second-order valence-electron chi connectivity index (χ2n) is 6.59. The van der Waals surface area contributed by atoms with Gasteiger partial charge in [0, 0.05) is 17.3 Å². The van der Waals surface area contributed by atoms with Crippen molar-refractivity contribution >= 4 is 21.6 Å². The van der Waals surface area contributed by atoms with Crippen molar-refractivity contribution in [1.29, 1.82) is 0 Å². The predicted molar refractivity (Wildman–Crippen MR) is 115 cm³/mol. The number of primary sulfonamides is 1. The molecule has 5 nitrogen and oxygen atoms in total. The zero-order valence-electron chi connectivity index (χ0n) is 15.4. The SMILES string of the molecule is NS(=O)(=O)c1c(Cn2cc(Cl)nc2-c2ccccc2)cccc1-c1ccccc1. The predicted octanol–water partition coefficient (Wildman–Crippen LogP) is 4.57. The molecule has 146 valence electrons. The minimum atomic E-state index is -3.97. The number of aromatic nitrogens is 2. The molecule has 0 unspecified atom stereocenters. The lowest BCUT2D eigenvalue weighted by Gasteiger charge is -2.15. The summed E-state index contributed by atoms with van der Waals surface area (Å²) in [5, 5.41) is 5.96. The van der Waals surface area contributed by atoms with Crippen LogP contribution in [0.4, 0.5) is 0 Å². The lowest BCUT2D eigenvalue weighted by molar-refractivity contribution is 0.596. The summed E-state index contributed by atoms with van der Waals surface area (Å²) in [6.45, 7) is 0.260. The van der Waals surface area contributed by atoms with E-state index in [4.69, 9.17) is 16.7 Å². The molecule has 0 saturated heterocycles. The Balaban J connectivity index is 1.86. The van der Waals surface area contributed by atoms with Crippen LogP contribution in [0.1, 0.15) is 5.56 Å². The highest BCUT2D eigenvalue weighted by Crippen LogP contribution is 2.31. The van der Waals surface area contributed by atoms with Gasteiger partial charge in [-0.15, -0.1) is 0 Å². The van der Waals surface area contributed by atoms with Crippen molar-refractivity contribution in [3.05, 3.63) is 95.8 Å². The third-order valence-electron chi connectivity index (χ3n) is 4.59. The maximum atomic E-state index is 12.5. The Morgan fingerprint density at radius 2 is 1.48 bits per heavy atom. The van der Waals surface area contributed by atoms with Crippen molar-refractivity contribution in [2.45, 2.75) is 11.4 Å². The molecule has 3 aromatic carbocycles. The first kappa shape index (κ1) is 19.4. The summed E-state index contributed by atoms with van der Waals surface area (Å²) in [6, 6.07) is 24.3. The molecule has 4 rings (SSSR count). The summed E-state index contributed by atoms with van der Waals surface area (Å²) in [6.07, 6.45) is 1.69. The number of benzene rings is 3. The highest BCUT2D eigenvalue weighted by Gasteiger charge is 2.21. The van der Waals surface area contributed by atoms with Crippen molar-refractivity contribution in [2.24, 2.45) is 5.14 Å². The molecule has 2 N–H and O–H groups in total. The van der Waals surface area contributed by atoms with Crippen LogP contribution in [0.3, 0.4) is 0 Å². The molecule has 0 aliphatic rings. The quantitative estimate of drug-likeness (QED) is 0.510. The molecule has 1 heterocycles. The van der Waals surface area contributed by atoms with E-state index < -0.39 is 10.0 Å². The van der Waals surface area contributed by atoms with Gasteiger partial charge in [0.05, 0.1) is 11.4 Å². The highest BCUT2D eigenvalue weighted by molar-refractivity contribution is 7.89. The number of nitrogens with zero attached hydrogens (tertiary/aromatic N) is 2. The number of nitrogens with two attached hydrogens (primary N) is 1. The van der Waals surface area contributed by atoms with Gasteiger partial charge in [-0.1, -0.05) is 90.5 Å². The minimum Gasteiger partial charge on any atom is -0.325 e. The Morgan fingerprint density at radius 3 is 2.10 bits per heavy atom. The summed E-state index contributed by atoms with van der Waals surface area (Å²) in [4.78, 5) is 4.50. The second kappa shape index (κ2) is 7.83. The molecule has 0 bridgehead atoms. The maximum absolute atomic E-state index is 12.5. The van der Waals surface area contributed by atoms with E-state index in [1.54, 1.807) is 18.3 Å². The molecular weight excluding hydrogens is 406 g/mol. The number of rotatable bonds is 5. The van der Waals surface area contributed by atoms with Crippen molar-refractivity contribution < 1.29 is 8.42 Å². The number of sulfonamides is 1. The molecule has 0 fully saturated rings. The Hall–Kier alpha value is -2.93. The van der Waals surface area contributed by atoms with Gasteiger partial charge in [-0.2, -0.15) is 0 Å². The zero-order valence-corrected chi connectivity index (χ0v) is 16.9. The summed E-state index contributed by atoms with van der Waals surface area (Å²) in [7, 11) is -3.97. The Morgan fingerprint density at radius 1 is 0.862 bits per heavy atom. The molecule has 0 amide bonds. The highest BCUT2D eigenvalue weighted by atomic mass is 35.5. The molecule has 29 heavy (non-hydrogen) atoms. The van der Waals surface area contributed by atoms with E-state index in [9.17, 15) is 8.42 Å². The van der Waals surface area contributed by atoms with Crippen molar-refractivity contribution in [2.75, 3.05) is 0 Å². The monoisotopic (exact) mass is 423 g/mol. The van der Waals surface area contributed by atoms with Gasteiger partial charge in [-0.05, 0) is 11.1 Å². The Bertz CT molecular complexity index is 1250. The summed E-state index contributed by atoms with van der Waals surface area (Å²) >= 11 is 6.16. The van der Waals surface area contributed by atoms with Gasteiger partial charge in [0.25, 0.3) is 0 Å². The third kappa shape index (κ3) is 4.10. The van der Waals surface area contributed by atoms with E-state index in [0.717, 1.165) is 11.1 Å². The smallest absolute Gasteiger partial charge is 0.239 e. The lowest BCUT2D eigenvalue weighted by Crippen LogP contribution is -2.17. The van der Waals surface area contributed by atoms with Gasteiger partial charge in [-0.25, -0.2) is 18.5 Å². The molecule has 0 atom stereocenters. The van der Waals surface area contributed by atoms with Crippen LogP contribution in [0.25, 0.3) is 22.5 Å². The fourth-order valence-electron chi connectivity index (χ4n) is 3.40. The van der Waals surface area contributed by atoms with Gasteiger partial charge >= 0.3 is 0 Å². The van der Waals surface area contributed by atoms with E-state index in [2.05, 4.69) is 4.98 Å². The second-order valence-corrected chi connectivity index (χ2v) is 8.47. The van der Waals surface area contributed by atoms with Crippen LogP contribution >= 0.6 is 11.6 Å². The van der Waals surface area contributed by atoms with Crippen LogP contribution in [0.15, 0.2) is 90.0 Å². The average molecular weight is 424 g/mol. The number of hydrogen-bond donors (Lipinski definition) is 1. The van der Waals surface area contributed by atoms with Crippen LogP contribution in [-0.4, -0.2) is 18.0 Å². The third-order valence-corrected chi connectivity index (χ3v) is 5.82. The fraction of sp³-hybridized carbons (Fsp3) is 0.0455. The topological polar surface area (TPSA) is 78.0 Å². The first-order valence-corrected chi connectivity index (χ1v) is 10.8. The largest absolute Gasteiger partial charge is 0.325 e. The molecule has 0 saturated carbocycles. The van der Waals surface area contributed by atoms with Crippen LogP contribution in [0.2, 0.25) is 5.15 Å². The summed E-state index contributed by atoms with van der Waals surface area (Å²) < 4.78 is 26.9. The fourth-order valence-corrected chi connectivity index (χ4v) is 4.58. The van der Waals surface area contributed by atoms with E-state index in [-0.39, 0.29) is 11.4 Å². The van der Waals surface area contributed by atoms with Gasteiger partial charge in [0.2, 0.25) is 10.0 Å². The van der Waals surface area contributed by atoms with Crippen LogP contribution in [0, 0.1) is 0 Å². The molecule has 7 heteroatoms. The van der Waals surface area contributed by atoms with Crippen molar-refractivity contribution in [3.8, 4) is 22.5 Å². The van der Waals surface area contributed by atoms with Crippen molar-refractivity contribution in [1.82, 2.24) is 9.55 Å². The summed E-state index contributed by atoms with van der Waals surface area (Å²) in [5.41, 5.74) is 2.80. The minimum absolute atomic E-state index is 0.107. The van der Waals surface area contributed by atoms with Gasteiger partial charge < -0.3 is 4.57 Å². The maximum Gasteiger partial charge on any atom is 0.239 e. The molecular formula is C22H18ClN3O2S. The van der Waals surface area contributed by atoms with Crippen LogP contribution < -0.4 is 5.14 Å². The average Bonchev–Trinajstić information content (AvgIpc) is 3.08. The van der Waals surface area contributed by atoms with Crippen LogP contribution in [-0.2, 0) is 16.6 Å². The van der Waals surface area contributed by atoms with E-state index in [0.29, 0.717) is 22.1 Å². The zero-order chi connectivity index (χ0) is 20.4. The molecule has 4 aromatic rings. The molecule has 1 aromatic heterocycles. The summed E-state index contributed by atoms with van der Waals surface area (Å²) in [5.74, 6) is 0.654. The Kier molecular flexibility index (Phi) is 5.24. The number of imidazole rings is 1. The van der Waals surface area contributed by atoms with Gasteiger partial charge in [-0.3, -0.25) is 0 Å². The lowest BCUT2D eigenvalue weighted by atomic mass is 10.0. The number of halogens is 1. The molecule has 0 spiro atoms. The van der Waals surface area contributed by atoms with Crippen LogP contribution in [0.5, 0.6) is 0 Å². The molecule has 0 aliphatic heterocycles. The van der Waals surface area contributed by atoms with Crippen molar-refractivity contribution in [3.63, 3.8) is 0 Å². The normalized spacial score (nSPS) is 11.5.